The van der Waals surface area contributed by atoms with Crippen molar-refractivity contribution in [3.63, 3.8) is 0 Å². The Balaban J connectivity index is 0.00000420. The van der Waals surface area contributed by atoms with E-state index in [4.69, 9.17) is 0 Å². The zero-order valence-electron chi connectivity index (χ0n) is 17.9. The van der Waals surface area contributed by atoms with Gasteiger partial charge in [0.15, 0.2) is 5.96 Å². The van der Waals surface area contributed by atoms with Crippen molar-refractivity contribution >= 4 is 52.9 Å². The van der Waals surface area contributed by atoms with Crippen LogP contribution in [0.25, 0.3) is 0 Å². The van der Waals surface area contributed by atoms with E-state index in [1.54, 1.807) is 30.3 Å². The number of rotatable bonds is 8. The van der Waals surface area contributed by atoms with E-state index in [0.717, 1.165) is 24.6 Å². The van der Waals surface area contributed by atoms with Crippen LogP contribution in [0.5, 0.6) is 0 Å². The number of anilines is 1. The molecule has 0 fully saturated rings. The number of amides is 1. The summed E-state index contributed by atoms with van der Waals surface area (Å²) < 4.78 is 0. The molecule has 1 aromatic heterocycles. The van der Waals surface area contributed by atoms with Gasteiger partial charge >= 0.3 is 0 Å². The monoisotopic (exact) mass is 529 g/mol. The number of thiophene rings is 1. The molecular formula is C21H32IN5OS. The maximum absolute atomic E-state index is 12.0. The topological polar surface area (TPSA) is 51.2 Å². The predicted octanol–water partition coefficient (Wildman–Crippen LogP) is 3.14. The van der Waals surface area contributed by atoms with E-state index in [0.29, 0.717) is 6.54 Å². The lowest BCUT2D eigenvalue weighted by atomic mass is 10.2. The number of benzene rings is 1. The molecule has 6 nitrogen and oxygen atoms in total. The molecule has 1 N–H and O–H groups in total. The average molecular weight is 529 g/mol. The summed E-state index contributed by atoms with van der Waals surface area (Å²) in [6.07, 6.45) is 0.933. The second-order valence-corrected chi connectivity index (χ2v) is 8.14. The minimum Gasteiger partial charge on any atom is -0.378 e. The minimum absolute atomic E-state index is 0. The number of nitrogens with zero attached hydrogens (tertiary/aromatic N) is 4. The maximum Gasteiger partial charge on any atom is 0.243 e. The number of likely N-dealkylation sites (N-methyl/N-ethyl adjacent to an activating group) is 1. The van der Waals surface area contributed by atoms with Crippen molar-refractivity contribution < 1.29 is 4.79 Å². The summed E-state index contributed by atoms with van der Waals surface area (Å²) in [5.74, 6) is 0.725. The highest BCUT2D eigenvalue weighted by molar-refractivity contribution is 14.0. The largest absolute Gasteiger partial charge is 0.378 e. The Morgan fingerprint density at radius 3 is 2.48 bits per heavy atom. The molecule has 0 saturated heterocycles. The first kappa shape index (κ1) is 25.2. The fraction of sp³-hybridized carbons (Fsp3) is 0.429. The van der Waals surface area contributed by atoms with Crippen molar-refractivity contribution in [2.45, 2.75) is 13.0 Å². The van der Waals surface area contributed by atoms with Crippen LogP contribution in [0.3, 0.4) is 0 Å². The lowest BCUT2D eigenvalue weighted by Gasteiger charge is -2.23. The first-order valence-corrected chi connectivity index (χ1v) is 10.2. The normalized spacial score (nSPS) is 10.9. The third kappa shape index (κ3) is 8.61. The zero-order chi connectivity index (χ0) is 20.5. The molecule has 0 atom stereocenters. The number of guanidine groups is 1. The fourth-order valence-electron chi connectivity index (χ4n) is 2.63. The van der Waals surface area contributed by atoms with Crippen LogP contribution in [0.1, 0.15) is 10.4 Å². The number of aliphatic imine (C=N–C) groups is 1. The number of hydrogen-bond acceptors (Lipinski definition) is 4. The number of carbonyl (C=O) groups excluding carboxylic acids is 1. The molecule has 1 amide bonds. The lowest BCUT2D eigenvalue weighted by Crippen LogP contribution is -2.40. The Kier molecular flexibility index (Phi) is 11.0. The molecule has 1 heterocycles. The fourth-order valence-corrected chi connectivity index (χ4v) is 3.34. The van der Waals surface area contributed by atoms with Gasteiger partial charge in [-0.2, -0.15) is 0 Å². The summed E-state index contributed by atoms with van der Waals surface area (Å²) in [6, 6.07) is 12.6. The zero-order valence-corrected chi connectivity index (χ0v) is 21.0. The van der Waals surface area contributed by atoms with Crippen LogP contribution in [0.4, 0.5) is 5.69 Å². The van der Waals surface area contributed by atoms with Gasteiger partial charge in [-0.1, -0.05) is 18.2 Å². The van der Waals surface area contributed by atoms with Crippen LogP contribution in [-0.2, 0) is 17.8 Å². The highest BCUT2D eigenvalue weighted by Crippen LogP contribution is 2.15. The van der Waals surface area contributed by atoms with Gasteiger partial charge in [0.05, 0.1) is 0 Å². The van der Waals surface area contributed by atoms with Crippen LogP contribution < -0.4 is 10.2 Å². The van der Waals surface area contributed by atoms with E-state index >= 15 is 0 Å². The molecule has 2 aromatic rings. The van der Waals surface area contributed by atoms with E-state index in [2.05, 4.69) is 61.9 Å². The molecule has 29 heavy (non-hydrogen) atoms. The van der Waals surface area contributed by atoms with Gasteiger partial charge in [0, 0.05) is 58.9 Å². The van der Waals surface area contributed by atoms with Crippen molar-refractivity contribution in [1.82, 2.24) is 15.1 Å². The molecule has 1 aromatic carbocycles. The SMILES string of the molecule is CN(C)C(=O)CN=C(NCCc1cccs1)N(C)Cc1cccc(N(C)C)c1.I. The standard InChI is InChI=1S/C21H31N5OS.HI/c1-24(2)18-9-6-8-17(14-18)16-26(5)21(23-15-20(27)25(3)4)22-12-11-19-10-7-13-28-19;/h6-10,13-14H,11-12,15-16H2,1-5H3,(H,22,23);1H. The molecule has 0 unspecified atom stereocenters. The highest BCUT2D eigenvalue weighted by Gasteiger charge is 2.10. The third-order valence-electron chi connectivity index (χ3n) is 4.31. The molecule has 0 bridgehead atoms. The smallest absolute Gasteiger partial charge is 0.243 e. The second-order valence-electron chi connectivity index (χ2n) is 7.10. The minimum atomic E-state index is -0.0134. The molecule has 0 aliphatic carbocycles. The molecule has 0 radical (unpaired) electrons. The van der Waals surface area contributed by atoms with Gasteiger partial charge in [-0.25, -0.2) is 4.99 Å². The number of carbonyl (C=O) groups is 1. The predicted molar refractivity (Wildman–Crippen MR) is 135 cm³/mol. The van der Waals surface area contributed by atoms with Crippen LogP contribution in [0.15, 0.2) is 46.8 Å². The molecule has 160 valence electrons. The number of nitrogens with one attached hydrogen (secondary N) is 1. The summed E-state index contributed by atoms with van der Waals surface area (Å²) in [5, 5.41) is 5.50. The van der Waals surface area contributed by atoms with E-state index in [1.807, 2.05) is 21.1 Å². The van der Waals surface area contributed by atoms with Gasteiger partial charge in [-0.05, 0) is 35.6 Å². The van der Waals surface area contributed by atoms with Crippen molar-refractivity contribution in [3.8, 4) is 0 Å². The highest BCUT2D eigenvalue weighted by atomic mass is 127. The Labute approximate surface area is 195 Å². The Morgan fingerprint density at radius 2 is 1.86 bits per heavy atom. The van der Waals surface area contributed by atoms with Crippen LogP contribution in [-0.4, -0.2) is 70.0 Å². The van der Waals surface area contributed by atoms with Gasteiger partial charge < -0.3 is 20.0 Å². The summed E-state index contributed by atoms with van der Waals surface area (Å²) in [5.41, 5.74) is 2.36. The van der Waals surface area contributed by atoms with Crippen LogP contribution >= 0.6 is 35.3 Å². The lowest BCUT2D eigenvalue weighted by molar-refractivity contribution is -0.127. The summed E-state index contributed by atoms with van der Waals surface area (Å²) in [6.45, 7) is 1.62. The van der Waals surface area contributed by atoms with E-state index in [1.165, 1.54) is 10.4 Å². The first-order valence-electron chi connectivity index (χ1n) is 9.35. The second kappa shape index (κ2) is 12.7. The molecule has 2 rings (SSSR count). The molecule has 0 saturated carbocycles. The van der Waals surface area contributed by atoms with Crippen molar-refractivity contribution in [2.24, 2.45) is 4.99 Å². The van der Waals surface area contributed by atoms with Crippen molar-refractivity contribution in [3.05, 3.63) is 52.2 Å². The maximum atomic E-state index is 12.0. The van der Waals surface area contributed by atoms with E-state index in [-0.39, 0.29) is 36.4 Å². The Bertz CT molecular complexity index is 777. The van der Waals surface area contributed by atoms with E-state index in [9.17, 15) is 4.79 Å². The van der Waals surface area contributed by atoms with Gasteiger partial charge in [0.2, 0.25) is 5.91 Å². The first-order chi connectivity index (χ1) is 13.4. The molecule has 8 heteroatoms. The Morgan fingerprint density at radius 1 is 1.10 bits per heavy atom. The third-order valence-corrected chi connectivity index (χ3v) is 5.24. The van der Waals surface area contributed by atoms with Gasteiger partial charge in [-0.15, -0.1) is 35.3 Å². The molecular weight excluding hydrogens is 497 g/mol. The number of halogens is 1. The van der Waals surface area contributed by atoms with Crippen molar-refractivity contribution in [1.29, 1.82) is 0 Å². The summed E-state index contributed by atoms with van der Waals surface area (Å²) in [7, 11) is 9.57. The summed E-state index contributed by atoms with van der Waals surface area (Å²) >= 11 is 1.75. The van der Waals surface area contributed by atoms with Crippen LogP contribution in [0, 0.1) is 0 Å². The van der Waals surface area contributed by atoms with Crippen molar-refractivity contribution in [2.75, 3.05) is 53.2 Å². The summed E-state index contributed by atoms with van der Waals surface area (Å²) in [4.78, 5) is 23.6. The average Bonchev–Trinajstić information content (AvgIpc) is 3.17. The Hall–Kier alpha value is -1.81. The van der Waals surface area contributed by atoms with Gasteiger partial charge in [0.1, 0.15) is 6.54 Å². The van der Waals surface area contributed by atoms with Gasteiger partial charge in [0.25, 0.3) is 0 Å². The molecule has 0 aliphatic heterocycles. The number of hydrogen-bond donors (Lipinski definition) is 1. The van der Waals surface area contributed by atoms with E-state index < -0.39 is 0 Å². The quantitative estimate of drug-likeness (QED) is 0.325. The van der Waals surface area contributed by atoms with Crippen LogP contribution in [0.2, 0.25) is 0 Å². The molecule has 0 aliphatic rings. The molecule has 0 spiro atoms. The van der Waals surface area contributed by atoms with Gasteiger partial charge in [-0.3, -0.25) is 4.79 Å².